The van der Waals surface area contributed by atoms with E-state index in [1.54, 1.807) is 11.0 Å². The van der Waals surface area contributed by atoms with Crippen molar-refractivity contribution in [3.05, 3.63) is 77.0 Å². The summed E-state index contributed by atoms with van der Waals surface area (Å²) in [5, 5.41) is 4.05. The van der Waals surface area contributed by atoms with Gasteiger partial charge in [0.25, 0.3) is 5.91 Å². The normalized spacial score (nSPS) is 13.8. The lowest BCUT2D eigenvalue weighted by molar-refractivity contribution is -0.132. The zero-order valence-corrected chi connectivity index (χ0v) is 18.7. The number of likely N-dealkylation sites (tertiary alicyclic amines) is 1. The van der Waals surface area contributed by atoms with E-state index >= 15 is 0 Å². The number of nitrogens with zero attached hydrogens (tertiary/aromatic N) is 3. The van der Waals surface area contributed by atoms with Crippen LogP contribution in [0.5, 0.6) is 0 Å². The molecule has 2 amide bonds. The smallest absolute Gasteiger partial charge is 0.276 e. The Labute approximate surface area is 188 Å². The largest absolute Gasteiger partial charge is 0.355 e. The number of aryl methyl sites for hydroxylation is 2. The number of benzene rings is 2. The van der Waals surface area contributed by atoms with Gasteiger partial charge in [0, 0.05) is 31.3 Å². The van der Waals surface area contributed by atoms with E-state index in [9.17, 15) is 9.59 Å². The molecule has 1 aliphatic heterocycles. The van der Waals surface area contributed by atoms with Crippen molar-refractivity contribution in [2.75, 3.05) is 19.6 Å². The summed E-state index contributed by atoms with van der Waals surface area (Å²) in [6, 6.07) is 17.5. The third-order valence-electron chi connectivity index (χ3n) is 5.93. The molecular formula is C26H29N3O3. The van der Waals surface area contributed by atoms with Gasteiger partial charge in [0.05, 0.1) is 0 Å². The average molecular weight is 432 g/mol. The summed E-state index contributed by atoms with van der Waals surface area (Å²) < 4.78 is 5.54. The van der Waals surface area contributed by atoms with E-state index in [-0.39, 0.29) is 24.1 Å². The quantitative estimate of drug-likeness (QED) is 0.571. The van der Waals surface area contributed by atoms with Crippen LogP contribution in [0.3, 0.4) is 0 Å². The summed E-state index contributed by atoms with van der Waals surface area (Å²) in [5.74, 6) is 0.225. The molecule has 6 heteroatoms. The van der Waals surface area contributed by atoms with Crippen molar-refractivity contribution in [2.24, 2.45) is 0 Å². The van der Waals surface area contributed by atoms with Crippen LogP contribution in [0.1, 0.15) is 46.4 Å². The highest BCUT2D eigenvalue weighted by molar-refractivity contribution is 5.95. The fraction of sp³-hybridized carbons (Fsp3) is 0.346. The van der Waals surface area contributed by atoms with Crippen LogP contribution in [0.25, 0.3) is 11.3 Å². The Bertz CT molecular complexity index is 1080. The number of hydrogen-bond donors (Lipinski definition) is 0. The summed E-state index contributed by atoms with van der Waals surface area (Å²) >= 11 is 0. The van der Waals surface area contributed by atoms with Gasteiger partial charge in [-0.1, -0.05) is 53.2 Å². The Hall–Kier alpha value is -3.41. The molecule has 0 bridgehead atoms. The van der Waals surface area contributed by atoms with Gasteiger partial charge in [0.15, 0.2) is 11.5 Å². The van der Waals surface area contributed by atoms with E-state index in [0.717, 1.165) is 54.6 Å². The molecule has 0 atom stereocenters. The molecule has 1 saturated heterocycles. The first kappa shape index (κ1) is 21.8. The first-order valence-electron chi connectivity index (χ1n) is 11.2. The van der Waals surface area contributed by atoms with Gasteiger partial charge in [-0.15, -0.1) is 0 Å². The summed E-state index contributed by atoms with van der Waals surface area (Å²) in [5.41, 5.74) is 4.24. The molecule has 2 heterocycles. The van der Waals surface area contributed by atoms with Crippen LogP contribution in [0.2, 0.25) is 0 Å². The summed E-state index contributed by atoms with van der Waals surface area (Å²) in [7, 11) is 0. The van der Waals surface area contributed by atoms with Gasteiger partial charge in [-0.05, 0) is 50.3 Å². The van der Waals surface area contributed by atoms with Crippen LogP contribution in [-0.2, 0) is 11.3 Å². The monoisotopic (exact) mass is 431 g/mol. The van der Waals surface area contributed by atoms with Crippen molar-refractivity contribution in [2.45, 2.75) is 39.7 Å². The number of aromatic nitrogens is 1. The number of carbonyl (C=O) groups excluding carboxylic acids is 2. The topological polar surface area (TPSA) is 66.7 Å². The molecule has 166 valence electrons. The minimum Gasteiger partial charge on any atom is -0.355 e. The lowest BCUT2D eigenvalue weighted by Gasteiger charge is -2.29. The first-order chi connectivity index (χ1) is 15.5. The molecule has 0 saturated carbocycles. The van der Waals surface area contributed by atoms with Crippen molar-refractivity contribution in [3.63, 3.8) is 0 Å². The molecule has 0 radical (unpaired) electrons. The van der Waals surface area contributed by atoms with Crippen LogP contribution < -0.4 is 0 Å². The zero-order valence-electron chi connectivity index (χ0n) is 18.7. The molecule has 0 unspecified atom stereocenters. The summed E-state index contributed by atoms with van der Waals surface area (Å²) in [6.45, 7) is 5.89. The molecule has 0 spiro atoms. The van der Waals surface area contributed by atoms with E-state index in [0.29, 0.717) is 12.3 Å². The second-order valence-corrected chi connectivity index (χ2v) is 8.48. The Morgan fingerprint density at radius 1 is 1.00 bits per heavy atom. The maximum absolute atomic E-state index is 13.4. The van der Waals surface area contributed by atoms with Gasteiger partial charge in [-0.3, -0.25) is 9.59 Å². The molecule has 1 aromatic heterocycles. The van der Waals surface area contributed by atoms with Crippen molar-refractivity contribution < 1.29 is 14.1 Å². The minimum absolute atomic E-state index is 0.0211. The van der Waals surface area contributed by atoms with E-state index in [4.69, 9.17) is 4.52 Å². The van der Waals surface area contributed by atoms with Crippen LogP contribution >= 0.6 is 0 Å². The molecule has 1 aliphatic rings. The third-order valence-corrected chi connectivity index (χ3v) is 5.93. The Morgan fingerprint density at radius 3 is 2.50 bits per heavy atom. The molecule has 1 fully saturated rings. The highest BCUT2D eigenvalue weighted by Crippen LogP contribution is 2.26. The SMILES string of the molecule is Cc1ccc(C)c(-c2cc(C(=O)N(CC(=O)N3CCCCC3)Cc3ccccc3)no2)c1. The first-order valence-corrected chi connectivity index (χ1v) is 11.2. The molecule has 3 aromatic rings. The third kappa shape index (κ3) is 5.07. The molecule has 0 N–H and O–H groups in total. The maximum Gasteiger partial charge on any atom is 0.276 e. The molecule has 6 nitrogen and oxygen atoms in total. The van der Waals surface area contributed by atoms with Gasteiger partial charge >= 0.3 is 0 Å². The molecule has 2 aromatic carbocycles. The fourth-order valence-electron chi connectivity index (χ4n) is 4.08. The van der Waals surface area contributed by atoms with Crippen molar-refractivity contribution in [1.82, 2.24) is 15.0 Å². The number of amides is 2. The van der Waals surface area contributed by atoms with Crippen LogP contribution in [0, 0.1) is 13.8 Å². The fourth-order valence-corrected chi connectivity index (χ4v) is 4.08. The Balaban J connectivity index is 1.57. The number of carbonyl (C=O) groups is 2. The molecule has 4 rings (SSSR count). The molecule has 0 aliphatic carbocycles. The average Bonchev–Trinajstić information content (AvgIpc) is 3.31. The number of hydrogen-bond acceptors (Lipinski definition) is 4. The number of rotatable bonds is 6. The minimum atomic E-state index is -0.306. The second kappa shape index (κ2) is 9.81. The van der Waals surface area contributed by atoms with Crippen LogP contribution in [-0.4, -0.2) is 46.4 Å². The predicted molar refractivity (Wildman–Crippen MR) is 123 cm³/mol. The predicted octanol–water partition coefficient (Wildman–Crippen LogP) is 4.61. The van der Waals surface area contributed by atoms with Crippen LogP contribution in [0.15, 0.2) is 59.1 Å². The summed E-state index contributed by atoms with van der Waals surface area (Å²) in [4.78, 5) is 29.8. The lowest BCUT2D eigenvalue weighted by Crippen LogP contribution is -2.44. The van der Waals surface area contributed by atoms with E-state index in [1.807, 2.05) is 67.3 Å². The Kier molecular flexibility index (Phi) is 6.69. The zero-order chi connectivity index (χ0) is 22.5. The van der Waals surface area contributed by atoms with E-state index < -0.39 is 0 Å². The van der Waals surface area contributed by atoms with Gasteiger partial charge < -0.3 is 14.3 Å². The van der Waals surface area contributed by atoms with Crippen molar-refractivity contribution in [1.29, 1.82) is 0 Å². The summed E-state index contributed by atoms with van der Waals surface area (Å²) in [6.07, 6.45) is 3.18. The second-order valence-electron chi connectivity index (χ2n) is 8.48. The van der Waals surface area contributed by atoms with Gasteiger partial charge in [-0.25, -0.2) is 0 Å². The molecule has 32 heavy (non-hydrogen) atoms. The van der Waals surface area contributed by atoms with Gasteiger partial charge in [0.2, 0.25) is 5.91 Å². The standard InChI is InChI=1S/C26H29N3O3/c1-19-11-12-20(2)22(15-19)24-16-23(27-32-24)26(31)29(17-21-9-5-3-6-10-21)18-25(30)28-13-7-4-8-14-28/h3,5-6,9-12,15-16H,4,7-8,13-14,17-18H2,1-2H3. The van der Waals surface area contributed by atoms with Crippen LogP contribution in [0.4, 0.5) is 0 Å². The highest BCUT2D eigenvalue weighted by Gasteiger charge is 2.26. The number of piperidine rings is 1. The Morgan fingerprint density at radius 2 is 1.75 bits per heavy atom. The van der Waals surface area contributed by atoms with Gasteiger partial charge in [-0.2, -0.15) is 0 Å². The van der Waals surface area contributed by atoms with E-state index in [2.05, 4.69) is 5.16 Å². The van der Waals surface area contributed by atoms with Crippen molar-refractivity contribution >= 4 is 11.8 Å². The highest BCUT2D eigenvalue weighted by atomic mass is 16.5. The van der Waals surface area contributed by atoms with Gasteiger partial charge in [0.1, 0.15) is 6.54 Å². The maximum atomic E-state index is 13.4. The van der Waals surface area contributed by atoms with E-state index in [1.165, 1.54) is 0 Å². The van der Waals surface area contributed by atoms with Crippen molar-refractivity contribution in [3.8, 4) is 11.3 Å². The lowest BCUT2D eigenvalue weighted by atomic mass is 10.0. The molecular weight excluding hydrogens is 402 g/mol.